The number of halogens is 2. The van der Waals surface area contributed by atoms with Crippen LogP contribution in [0.5, 0.6) is 0 Å². The van der Waals surface area contributed by atoms with Gasteiger partial charge in [0.25, 0.3) is 0 Å². The van der Waals surface area contributed by atoms with Crippen LogP contribution in [0.25, 0.3) is 11.0 Å². The lowest BCUT2D eigenvalue weighted by Gasteiger charge is -2.09. The Balaban J connectivity index is 1.25. The number of anilines is 2. The highest BCUT2D eigenvalue weighted by molar-refractivity contribution is 9.10. The molecule has 2 heterocycles. The van der Waals surface area contributed by atoms with Gasteiger partial charge in [0.15, 0.2) is 17.0 Å². The van der Waals surface area contributed by atoms with Crippen molar-refractivity contribution in [3.63, 3.8) is 0 Å². The lowest BCUT2D eigenvalue weighted by atomic mass is 10.2. The first-order valence-electron chi connectivity index (χ1n) is 10.8. The number of hydrogen-bond donors (Lipinski definition) is 5. The quantitative estimate of drug-likeness (QED) is 0.0556. The standard InChI is InChI=1S/C20H18BrFN10O6/c21-11-9-10(1-2-12(11)22)26-20(27-34)18-19(31-38-30-18)25-8-7-24-15(33)5-6-23-13-3-4-14(32(35)36)17-16(13)28-37-29-17/h1-4,9,23,34H,5-8H2,(H,24,33)(H,25,31)(H,26,27). The molecular formula is C20H18BrFN10O6. The summed E-state index contributed by atoms with van der Waals surface area (Å²) in [5.41, 5.74) is 2.68. The highest BCUT2D eigenvalue weighted by Gasteiger charge is 2.20. The summed E-state index contributed by atoms with van der Waals surface area (Å²) >= 11 is 3.06. The van der Waals surface area contributed by atoms with E-state index in [0.29, 0.717) is 11.4 Å². The van der Waals surface area contributed by atoms with E-state index in [4.69, 9.17) is 4.63 Å². The maximum absolute atomic E-state index is 13.4. The normalized spacial score (nSPS) is 11.4. The second-order valence-corrected chi connectivity index (χ2v) is 8.29. The van der Waals surface area contributed by atoms with Crippen molar-refractivity contribution in [3.8, 4) is 0 Å². The van der Waals surface area contributed by atoms with E-state index in [2.05, 4.69) is 62.1 Å². The summed E-state index contributed by atoms with van der Waals surface area (Å²) in [6.07, 6.45) is 0.0962. The number of amidine groups is 1. The van der Waals surface area contributed by atoms with E-state index >= 15 is 0 Å². The number of nitro groups is 1. The highest BCUT2D eigenvalue weighted by Crippen LogP contribution is 2.28. The van der Waals surface area contributed by atoms with Gasteiger partial charge in [-0.15, -0.1) is 0 Å². The summed E-state index contributed by atoms with van der Waals surface area (Å²) in [6.45, 7) is 0.663. The monoisotopic (exact) mass is 592 g/mol. The Morgan fingerprint density at radius 3 is 2.63 bits per heavy atom. The zero-order chi connectivity index (χ0) is 27.1. The fourth-order valence-corrected chi connectivity index (χ4v) is 3.57. The van der Waals surface area contributed by atoms with Gasteiger partial charge in [0.1, 0.15) is 5.82 Å². The van der Waals surface area contributed by atoms with Crippen LogP contribution in [-0.2, 0) is 4.79 Å². The average Bonchev–Trinajstić information content (AvgIpc) is 3.57. The average molecular weight is 593 g/mol. The molecule has 2 aromatic carbocycles. The summed E-state index contributed by atoms with van der Waals surface area (Å²) in [4.78, 5) is 26.8. The number of aliphatic imine (C=N–C) groups is 1. The SMILES string of the molecule is O=C(CCNc1ccc([N+](=O)[O-])c2nonc12)NCCNc1nonc1C(=Nc1ccc(F)c(Br)c1)NO. The van der Waals surface area contributed by atoms with E-state index in [-0.39, 0.29) is 70.5 Å². The van der Waals surface area contributed by atoms with E-state index in [1.165, 1.54) is 30.3 Å². The highest BCUT2D eigenvalue weighted by atomic mass is 79.9. The van der Waals surface area contributed by atoms with Crippen LogP contribution in [0.4, 0.5) is 27.3 Å². The molecule has 0 aliphatic rings. The minimum atomic E-state index is -0.589. The number of hydroxylamine groups is 1. The van der Waals surface area contributed by atoms with Gasteiger partial charge in [-0.3, -0.25) is 25.6 Å². The van der Waals surface area contributed by atoms with Crippen molar-refractivity contribution in [3.05, 3.63) is 56.4 Å². The number of non-ortho nitro benzene ring substituents is 1. The number of aromatic nitrogens is 4. The van der Waals surface area contributed by atoms with Crippen LogP contribution in [0.15, 0.2) is 49.1 Å². The first-order valence-corrected chi connectivity index (χ1v) is 11.6. The third-order valence-corrected chi connectivity index (χ3v) is 5.57. The molecule has 4 rings (SSSR count). The zero-order valence-electron chi connectivity index (χ0n) is 19.1. The molecule has 0 bridgehead atoms. The summed E-state index contributed by atoms with van der Waals surface area (Å²) in [5.74, 6) is -0.701. The maximum atomic E-state index is 13.4. The molecule has 4 aromatic rings. The lowest BCUT2D eigenvalue weighted by molar-refractivity contribution is -0.383. The molecule has 38 heavy (non-hydrogen) atoms. The molecule has 0 aliphatic carbocycles. The molecular weight excluding hydrogens is 575 g/mol. The van der Waals surface area contributed by atoms with E-state index < -0.39 is 10.7 Å². The van der Waals surface area contributed by atoms with Crippen molar-refractivity contribution >= 4 is 61.6 Å². The molecule has 198 valence electrons. The molecule has 5 N–H and O–H groups in total. The molecule has 0 saturated carbocycles. The number of nitrogens with one attached hydrogen (secondary N) is 4. The van der Waals surface area contributed by atoms with Gasteiger partial charge in [-0.25, -0.2) is 18.6 Å². The van der Waals surface area contributed by atoms with Crippen molar-refractivity contribution in [2.45, 2.75) is 6.42 Å². The van der Waals surface area contributed by atoms with Gasteiger partial charge in [-0.1, -0.05) is 0 Å². The molecule has 0 spiro atoms. The Kier molecular flexibility index (Phi) is 8.34. The molecule has 18 heteroatoms. The molecule has 0 radical (unpaired) electrons. The number of rotatable bonds is 11. The number of amides is 1. The largest absolute Gasteiger partial charge is 0.383 e. The number of nitrogens with zero attached hydrogens (tertiary/aromatic N) is 6. The Labute approximate surface area is 219 Å². The van der Waals surface area contributed by atoms with E-state index in [1.54, 1.807) is 0 Å². The number of hydrogen-bond acceptors (Lipinski definition) is 13. The molecule has 1 amide bonds. The number of carbonyl (C=O) groups is 1. The van der Waals surface area contributed by atoms with Crippen LogP contribution in [0.3, 0.4) is 0 Å². The number of carbonyl (C=O) groups excluding carboxylic acids is 1. The minimum absolute atomic E-state index is 0.00683. The van der Waals surface area contributed by atoms with Gasteiger partial charge in [-0.05, 0) is 60.8 Å². The van der Waals surface area contributed by atoms with Crippen molar-refractivity contribution in [1.29, 1.82) is 0 Å². The van der Waals surface area contributed by atoms with Gasteiger partial charge in [0, 0.05) is 32.1 Å². The van der Waals surface area contributed by atoms with Crippen molar-refractivity contribution in [2.24, 2.45) is 4.99 Å². The Bertz CT molecular complexity index is 1490. The molecule has 0 saturated heterocycles. The first-order chi connectivity index (χ1) is 18.4. The predicted octanol–water partition coefficient (Wildman–Crippen LogP) is 2.50. The second kappa shape index (κ2) is 12.0. The molecule has 0 fully saturated rings. The number of nitro benzene ring substituents is 1. The molecule has 2 aromatic heterocycles. The van der Waals surface area contributed by atoms with Gasteiger partial charge < -0.3 is 16.0 Å². The number of fused-ring (bicyclic) bond motifs is 1. The van der Waals surface area contributed by atoms with Crippen LogP contribution in [0, 0.1) is 15.9 Å². The smallest absolute Gasteiger partial charge is 0.300 e. The fourth-order valence-electron chi connectivity index (χ4n) is 3.20. The maximum Gasteiger partial charge on any atom is 0.300 e. The topological polar surface area (TPSA) is 219 Å². The van der Waals surface area contributed by atoms with Gasteiger partial charge in [0.2, 0.25) is 17.2 Å². The van der Waals surface area contributed by atoms with Crippen LogP contribution in [0.1, 0.15) is 12.1 Å². The summed E-state index contributed by atoms with van der Waals surface area (Å²) in [5, 5.41) is 43.8. The predicted molar refractivity (Wildman–Crippen MR) is 133 cm³/mol. The molecule has 0 unspecified atom stereocenters. The second-order valence-electron chi connectivity index (χ2n) is 7.44. The van der Waals surface area contributed by atoms with E-state index in [1.807, 2.05) is 5.48 Å². The van der Waals surface area contributed by atoms with Crippen molar-refractivity contribution < 1.29 is 28.6 Å². The summed E-state index contributed by atoms with van der Waals surface area (Å²) < 4.78 is 22.9. The van der Waals surface area contributed by atoms with Crippen LogP contribution < -0.4 is 21.4 Å². The van der Waals surface area contributed by atoms with Crippen molar-refractivity contribution in [2.75, 3.05) is 30.3 Å². The fraction of sp³-hybridized carbons (Fsp3) is 0.200. The van der Waals surface area contributed by atoms with Crippen LogP contribution in [0.2, 0.25) is 0 Å². The van der Waals surface area contributed by atoms with E-state index in [9.17, 15) is 24.5 Å². The third-order valence-electron chi connectivity index (χ3n) is 4.96. The Hall–Kier alpha value is -4.71. The molecule has 16 nitrogen and oxygen atoms in total. The zero-order valence-corrected chi connectivity index (χ0v) is 20.7. The molecule has 0 atom stereocenters. The summed E-state index contributed by atoms with van der Waals surface area (Å²) in [6, 6.07) is 6.74. The van der Waals surface area contributed by atoms with Gasteiger partial charge in [0.05, 0.1) is 20.8 Å². The first kappa shape index (κ1) is 26.4. The minimum Gasteiger partial charge on any atom is -0.383 e. The van der Waals surface area contributed by atoms with Crippen LogP contribution in [-0.4, -0.2) is 62.1 Å². The summed E-state index contributed by atoms with van der Waals surface area (Å²) in [7, 11) is 0. The molecule has 0 aliphatic heterocycles. The van der Waals surface area contributed by atoms with Gasteiger partial charge >= 0.3 is 5.69 Å². The Morgan fingerprint density at radius 2 is 1.87 bits per heavy atom. The van der Waals surface area contributed by atoms with E-state index in [0.717, 1.165) is 0 Å². The number of benzene rings is 2. The van der Waals surface area contributed by atoms with Crippen LogP contribution >= 0.6 is 15.9 Å². The van der Waals surface area contributed by atoms with Gasteiger partial charge in [-0.2, -0.15) is 0 Å². The Morgan fingerprint density at radius 1 is 1.08 bits per heavy atom. The third kappa shape index (κ3) is 6.16. The van der Waals surface area contributed by atoms with Crippen molar-refractivity contribution in [1.82, 2.24) is 31.4 Å². The lowest BCUT2D eigenvalue weighted by Crippen LogP contribution is -2.30.